The summed E-state index contributed by atoms with van der Waals surface area (Å²) in [6.07, 6.45) is 1.80. The van der Waals surface area contributed by atoms with Gasteiger partial charge in [-0.3, -0.25) is 4.98 Å². The number of nitrogens with one attached hydrogen (secondary N) is 1. The fourth-order valence-electron chi connectivity index (χ4n) is 2.19. The van der Waals surface area contributed by atoms with Gasteiger partial charge in [0.2, 0.25) is 0 Å². The highest BCUT2D eigenvalue weighted by atomic mass is 19.1. The van der Waals surface area contributed by atoms with E-state index in [1.165, 1.54) is 6.07 Å². The fraction of sp³-hybridized carbons (Fsp3) is 0.312. The van der Waals surface area contributed by atoms with Gasteiger partial charge in [0, 0.05) is 23.0 Å². The first kappa shape index (κ1) is 14.3. The molecule has 1 aromatic carbocycles. The zero-order valence-corrected chi connectivity index (χ0v) is 12.2. The second kappa shape index (κ2) is 5.90. The van der Waals surface area contributed by atoms with Gasteiger partial charge in [0.25, 0.3) is 0 Å². The minimum atomic E-state index is -0.193. The van der Waals surface area contributed by atoms with Gasteiger partial charge >= 0.3 is 0 Å². The van der Waals surface area contributed by atoms with Crippen molar-refractivity contribution in [2.45, 2.75) is 27.3 Å². The first-order valence-electron chi connectivity index (χ1n) is 6.52. The number of rotatable bonds is 4. The molecule has 20 heavy (non-hydrogen) atoms. The van der Waals surface area contributed by atoms with Crippen molar-refractivity contribution in [3.63, 3.8) is 0 Å². The maximum Gasteiger partial charge on any atom is 0.128 e. The highest BCUT2D eigenvalue weighted by Crippen LogP contribution is 2.24. The van der Waals surface area contributed by atoms with Crippen LogP contribution in [0.4, 0.5) is 10.1 Å². The number of hydrogen-bond donors (Lipinski definition) is 1. The van der Waals surface area contributed by atoms with Crippen molar-refractivity contribution in [1.29, 1.82) is 0 Å². The molecule has 0 aliphatic carbocycles. The second-order valence-corrected chi connectivity index (χ2v) is 4.86. The molecule has 1 N–H and O–H groups in total. The second-order valence-electron chi connectivity index (χ2n) is 4.86. The molecule has 106 valence electrons. The molecule has 1 heterocycles. The molecular formula is C16H19FN2O. The van der Waals surface area contributed by atoms with Gasteiger partial charge in [0.05, 0.1) is 19.3 Å². The van der Waals surface area contributed by atoms with Gasteiger partial charge < -0.3 is 10.1 Å². The van der Waals surface area contributed by atoms with Crippen LogP contribution in [0.2, 0.25) is 0 Å². The molecule has 0 bridgehead atoms. The summed E-state index contributed by atoms with van der Waals surface area (Å²) >= 11 is 0. The first-order chi connectivity index (χ1) is 9.52. The van der Waals surface area contributed by atoms with E-state index >= 15 is 0 Å². The van der Waals surface area contributed by atoms with Crippen LogP contribution in [0.15, 0.2) is 24.4 Å². The van der Waals surface area contributed by atoms with Gasteiger partial charge in [-0.2, -0.15) is 0 Å². The van der Waals surface area contributed by atoms with Gasteiger partial charge in [-0.05, 0) is 44.5 Å². The Morgan fingerprint density at radius 3 is 2.60 bits per heavy atom. The molecule has 0 amide bonds. The van der Waals surface area contributed by atoms with Crippen molar-refractivity contribution in [2.75, 3.05) is 12.4 Å². The maximum atomic E-state index is 13.2. The van der Waals surface area contributed by atoms with E-state index in [-0.39, 0.29) is 5.82 Å². The number of ether oxygens (including phenoxy) is 1. The lowest BCUT2D eigenvalue weighted by molar-refractivity contribution is 0.407. The summed E-state index contributed by atoms with van der Waals surface area (Å²) in [6.45, 7) is 6.29. The van der Waals surface area contributed by atoms with Crippen molar-refractivity contribution in [3.8, 4) is 5.75 Å². The number of benzene rings is 1. The monoisotopic (exact) mass is 274 g/mol. The van der Waals surface area contributed by atoms with E-state index in [9.17, 15) is 4.39 Å². The number of nitrogens with zero attached hydrogens (tertiary/aromatic N) is 1. The predicted octanol–water partition coefficient (Wildman–Crippen LogP) is 3.77. The molecule has 0 unspecified atom stereocenters. The first-order valence-corrected chi connectivity index (χ1v) is 6.52. The van der Waals surface area contributed by atoms with E-state index in [1.807, 2.05) is 13.8 Å². The summed E-state index contributed by atoms with van der Waals surface area (Å²) in [6, 6.07) is 4.98. The van der Waals surface area contributed by atoms with Gasteiger partial charge in [-0.1, -0.05) is 0 Å². The number of aryl methyl sites for hydroxylation is 2. The zero-order chi connectivity index (χ0) is 14.7. The number of hydrogen-bond acceptors (Lipinski definition) is 3. The van der Waals surface area contributed by atoms with E-state index in [4.69, 9.17) is 4.74 Å². The van der Waals surface area contributed by atoms with Gasteiger partial charge in [-0.15, -0.1) is 0 Å². The van der Waals surface area contributed by atoms with Crippen LogP contribution < -0.4 is 10.1 Å². The molecule has 0 aliphatic rings. The normalized spacial score (nSPS) is 10.4. The summed E-state index contributed by atoms with van der Waals surface area (Å²) in [5.41, 5.74) is 4.48. The summed E-state index contributed by atoms with van der Waals surface area (Å²) in [4.78, 5) is 4.42. The van der Waals surface area contributed by atoms with Crippen molar-refractivity contribution in [1.82, 2.24) is 4.98 Å². The molecule has 2 aromatic rings. The number of methoxy groups -OCH3 is 1. The molecule has 1 aromatic heterocycles. The third-order valence-electron chi connectivity index (χ3n) is 3.37. The third-order valence-corrected chi connectivity index (χ3v) is 3.37. The lowest BCUT2D eigenvalue weighted by Gasteiger charge is -2.13. The Balaban J connectivity index is 2.16. The standard InChI is InChI=1S/C16H19FN2O/c1-10-7-13(5-6-14(10)17)18-9-15-12(3)16(20-4)11(2)8-19-15/h5-8,18H,9H2,1-4H3. The highest BCUT2D eigenvalue weighted by Gasteiger charge is 2.09. The number of pyridine rings is 1. The van der Waals surface area contributed by atoms with Crippen LogP contribution in [0.3, 0.4) is 0 Å². The minimum absolute atomic E-state index is 0.193. The quantitative estimate of drug-likeness (QED) is 0.921. The van der Waals surface area contributed by atoms with E-state index in [0.29, 0.717) is 12.1 Å². The molecule has 0 atom stereocenters. The molecule has 0 radical (unpaired) electrons. The van der Waals surface area contributed by atoms with Crippen LogP contribution in [0, 0.1) is 26.6 Å². The molecule has 0 saturated heterocycles. The summed E-state index contributed by atoms with van der Waals surface area (Å²) in [5.74, 6) is 0.675. The van der Waals surface area contributed by atoms with E-state index < -0.39 is 0 Å². The van der Waals surface area contributed by atoms with Crippen molar-refractivity contribution >= 4 is 5.69 Å². The molecule has 3 nitrogen and oxygen atoms in total. The fourth-order valence-corrected chi connectivity index (χ4v) is 2.19. The van der Waals surface area contributed by atoms with Gasteiger partial charge in [0.15, 0.2) is 0 Å². The Hall–Kier alpha value is -2.10. The largest absolute Gasteiger partial charge is 0.496 e. The number of anilines is 1. The Kier molecular flexibility index (Phi) is 4.23. The molecule has 2 rings (SSSR count). The van der Waals surface area contributed by atoms with Crippen molar-refractivity contribution in [2.24, 2.45) is 0 Å². The van der Waals surface area contributed by atoms with Crippen LogP contribution in [-0.4, -0.2) is 12.1 Å². The lowest BCUT2D eigenvalue weighted by Crippen LogP contribution is -2.06. The highest BCUT2D eigenvalue weighted by molar-refractivity contribution is 5.48. The van der Waals surface area contributed by atoms with Crippen LogP contribution in [-0.2, 0) is 6.54 Å². The van der Waals surface area contributed by atoms with Crippen LogP contribution in [0.25, 0.3) is 0 Å². The molecule has 0 fully saturated rings. The third kappa shape index (κ3) is 2.90. The van der Waals surface area contributed by atoms with Crippen LogP contribution in [0.1, 0.15) is 22.4 Å². The Morgan fingerprint density at radius 1 is 1.20 bits per heavy atom. The van der Waals surface area contributed by atoms with E-state index in [0.717, 1.165) is 28.3 Å². The predicted molar refractivity (Wildman–Crippen MR) is 78.7 cm³/mol. The minimum Gasteiger partial charge on any atom is -0.496 e. The molecule has 0 saturated carbocycles. The van der Waals surface area contributed by atoms with Crippen LogP contribution in [0.5, 0.6) is 5.75 Å². The van der Waals surface area contributed by atoms with Crippen molar-refractivity contribution < 1.29 is 9.13 Å². The topological polar surface area (TPSA) is 34.1 Å². The molecule has 4 heteroatoms. The molecule has 0 spiro atoms. The van der Waals surface area contributed by atoms with Crippen molar-refractivity contribution in [3.05, 3.63) is 52.6 Å². The van der Waals surface area contributed by atoms with Crippen LogP contribution >= 0.6 is 0 Å². The van der Waals surface area contributed by atoms with E-state index in [1.54, 1.807) is 32.4 Å². The molecular weight excluding hydrogens is 255 g/mol. The zero-order valence-electron chi connectivity index (χ0n) is 12.2. The van der Waals surface area contributed by atoms with Gasteiger partial charge in [-0.25, -0.2) is 4.39 Å². The van der Waals surface area contributed by atoms with E-state index in [2.05, 4.69) is 10.3 Å². The smallest absolute Gasteiger partial charge is 0.128 e. The Bertz CT molecular complexity index is 626. The average Bonchev–Trinajstić information content (AvgIpc) is 2.42. The Morgan fingerprint density at radius 2 is 1.95 bits per heavy atom. The SMILES string of the molecule is COc1c(C)cnc(CNc2ccc(F)c(C)c2)c1C. The average molecular weight is 274 g/mol. The lowest BCUT2D eigenvalue weighted by atomic mass is 10.1. The maximum absolute atomic E-state index is 13.2. The summed E-state index contributed by atoms with van der Waals surface area (Å²) < 4.78 is 18.6. The number of aromatic nitrogens is 1. The summed E-state index contributed by atoms with van der Waals surface area (Å²) in [7, 11) is 1.66. The van der Waals surface area contributed by atoms with Gasteiger partial charge in [0.1, 0.15) is 11.6 Å². The Labute approximate surface area is 118 Å². The number of halogens is 1. The summed E-state index contributed by atoms with van der Waals surface area (Å²) in [5, 5.41) is 3.26. The molecule has 0 aliphatic heterocycles.